The van der Waals surface area contributed by atoms with Crippen LogP contribution in [0.1, 0.15) is 23.2 Å². The van der Waals surface area contributed by atoms with Gasteiger partial charge in [-0.3, -0.25) is 4.79 Å². The standard InChI is InChI=1S/C13H16NO2/c15-13(12-4-2-1-3-5-12)14-10-11-6-8-16-9-7-11/h2-5,11H,6-10H2,(H,14,15). The highest BCUT2D eigenvalue weighted by Gasteiger charge is 2.14. The summed E-state index contributed by atoms with van der Waals surface area (Å²) in [5.74, 6) is 0.563. The minimum Gasteiger partial charge on any atom is -0.381 e. The summed E-state index contributed by atoms with van der Waals surface area (Å²) in [6.07, 6.45) is 2.09. The molecule has 3 heteroatoms. The summed E-state index contributed by atoms with van der Waals surface area (Å²) in [5.41, 5.74) is 0.700. The molecule has 0 aliphatic carbocycles. The van der Waals surface area contributed by atoms with Gasteiger partial charge in [0.15, 0.2) is 0 Å². The quantitative estimate of drug-likeness (QED) is 0.837. The number of ether oxygens (including phenoxy) is 1. The van der Waals surface area contributed by atoms with Crippen LogP contribution in [0.2, 0.25) is 0 Å². The fourth-order valence-corrected chi connectivity index (χ4v) is 1.83. The predicted molar refractivity (Wildman–Crippen MR) is 61.2 cm³/mol. The van der Waals surface area contributed by atoms with E-state index in [9.17, 15) is 4.79 Å². The van der Waals surface area contributed by atoms with Crippen molar-refractivity contribution in [2.75, 3.05) is 19.8 Å². The molecule has 1 fully saturated rings. The van der Waals surface area contributed by atoms with E-state index in [4.69, 9.17) is 4.74 Å². The van der Waals surface area contributed by atoms with E-state index in [-0.39, 0.29) is 5.91 Å². The van der Waals surface area contributed by atoms with E-state index >= 15 is 0 Å². The van der Waals surface area contributed by atoms with Crippen LogP contribution in [0.25, 0.3) is 0 Å². The molecule has 1 aromatic carbocycles. The third-order valence-electron chi connectivity index (χ3n) is 2.87. The molecule has 1 saturated heterocycles. The molecular formula is C13H16NO2. The van der Waals surface area contributed by atoms with Crippen LogP contribution in [-0.2, 0) is 4.74 Å². The Labute approximate surface area is 95.8 Å². The number of rotatable bonds is 3. The molecule has 1 amide bonds. The summed E-state index contributed by atoms with van der Waals surface area (Å²) in [6.45, 7) is 2.39. The van der Waals surface area contributed by atoms with Crippen molar-refractivity contribution < 1.29 is 9.53 Å². The lowest BCUT2D eigenvalue weighted by atomic mass is 10.0. The Hall–Kier alpha value is -1.35. The first-order valence-corrected chi connectivity index (χ1v) is 5.68. The summed E-state index contributed by atoms with van der Waals surface area (Å²) in [7, 11) is 0. The molecule has 0 unspecified atom stereocenters. The van der Waals surface area contributed by atoms with Gasteiger partial charge in [-0.15, -0.1) is 0 Å². The Balaban J connectivity index is 1.79. The second kappa shape index (κ2) is 5.66. The predicted octanol–water partition coefficient (Wildman–Crippen LogP) is 1.64. The summed E-state index contributed by atoms with van der Waals surface area (Å²) < 4.78 is 5.27. The van der Waals surface area contributed by atoms with Gasteiger partial charge in [0.25, 0.3) is 5.91 Å². The zero-order chi connectivity index (χ0) is 11.2. The first-order chi connectivity index (χ1) is 7.86. The summed E-state index contributed by atoms with van der Waals surface area (Å²) in [5, 5.41) is 2.96. The molecule has 1 aliphatic rings. The van der Waals surface area contributed by atoms with Crippen molar-refractivity contribution in [1.29, 1.82) is 0 Å². The zero-order valence-electron chi connectivity index (χ0n) is 9.24. The van der Waals surface area contributed by atoms with Gasteiger partial charge in [-0.2, -0.15) is 0 Å². The van der Waals surface area contributed by atoms with Crippen molar-refractivity contribution in [1.82, 2.24) is 5.32 Å². The maximum absolute atomic E-state index is 11.7. The first kappa shape index (κ1) is 11.1. The van der Waals surface area contributed by atoms with Gasteiger partial charge in [0, 0.05) is 25.3 Å². The molecule has 85 valence electrons. The Bertz CT molecular complexity index is 331. The number of hydrogen-bond acceptors (Lipinski definition) is 2. The van der Waals surface area contributed by atoms with Crippen molar-refractivity contribution in [3.05, 3.63) is 35.9 Å². The van der Waals surface area contributed by atoms with Gasteiger partial charge in [0.1, 0.15) is 0 Å². The Morgan fingerprint density at radius 1 is 1.38 bits per heavy atom. The van der Waals surface area contributed by atoms with Crippen molar-refractivity contribution >= 4 is 5.91 Å². The number of carbonyl (C=O) groups excluding carboxylic acids is 1. The number of nitrogens with one attached hydrogen (secondary N) is 1. The lowest BCUT2D eigenvalue weighted by molar-refractivity contribution is 0.0642. The molecule has 1 heterocycles. The van der Waals surface area contributed by atoms with Crippen LogP contribution in [-0.4, -0.2) is 25.7 Å². The SMILES string of the molecule is O=C(NCC1CCOCC1)c1cc[c]cc1. The average molecular weight is 218 g/mol. The van der Waals surface area contributed by atoms with Crippen LogP contribution >= 0.6 is 0 Å². The molecule has 0 saturated carbocycles. The number of amides is 1. The van der Waals surface area contributed by atoms with Gasteiger partial charge in [-0.25, -0.2) is 0 Å². The van der Waals surface area contributed by atoms with Gasteiger partial charge < -0.3 is 10.1 Å². The largest absolute Gasteiger partial charge is 0.381 e. The van der Waals surface area contributed by atoms with E-state index in [0.29, 0.717) is 11.5 Å². The molecule has 16 heavy (non-hydrogen) atoms. The molecule has 0 bridgehead atoms. The van der Waals surface area contributed by atoms with Crippen molar-refractivity contribution in [2.24, 2.45) is 5.92 Å². The van der Waals surface area contributed by atoms with E-state index < -0.39 is 0 Å². The van der Waals surface area contributed by atoms with Crippen LogP contribution in [0, 0.1) is 12.0 Å². The van der Waals surface area contributed by atoms with E-state index in [1.807, 2.05) is 0 Å². The monoisotopic (exact) mass is 218 g/mol. The highest BCUT2D eigenvalue weighted by molar-refractivity contribution is 5.94. The molecule has 3 nitrogen and oxygen atoms in total. The third kappa shape index (κ3) is 3.07. The normalized spacial score (nSPS) is 17.0. The van der Waals surface area contributed by atoms with Gasteiger partial charge in [-0.05, 0) is 37.0 Å². The molecule has 1 radical (unpaired) electrons. The molecule has 1 aliphatic heterocycles. The lowest BCUT2D eigenvalue weighted by Gasteiger charge is -2.22. The molecule has 0 spiro atoms. The molecule has 1 N–H and O–H groups in total. The molecule has 0 aromatic heterocycles. The number of benzene rings is 1. The maximum atomic E-state index is 11.7. The molecule has 1 aromatic rings. The van der Waals surface area contributed by atoms with E-state index in [2.05, 4.69) is 11.4 Å². The molecule has 0 atom stereocenters. The molecule has 2 rings (SSSR count). The summed E-state index contributed by atoms with van der Waals surface area (Å²) in [6, 6.07) is 9.96. The zero-order valence-corrected chi connectivity index (χ0v) is 9.24. The van der Waals surface area contributed by atoms with E-state index in [1.54, 1.807) is 24.3 Å². The number of hydrogen-bond donors (Lipinski definition) is 1. The van der Waals surface area contributed by atoms with Crippen molar-refractivity contribution in [3.8, 4) is 0 Å². The lowest BCUT2D eigenvalue weighted by Crippen LogP contribution is -2.32. The number of carbonyl (C=O) groups is 1. The van der Waals surface area contributed by atoms with Crippen molar-refractivity contribution in [3.63, 3.8) is 0 Å². The third-order valence-corrected chi connectivity index (χ3v) is 2.87. The second-order valence-corrected chi connectivity index (χ2v) is 4.05. The highest BCUT2D eigenvalue weighted by atomic mass is 16.5. The van der Waals surface area contributed by atoms with E-state index in [1.165, 1.54) is 0 Å². The van der Waals surface area contributed by atoms with Gasteiger partial charge in [0.2, 0.25) is 0 Å². The fourth-order valence-electron chi connectivity index (χ4n) is 1.83. The van der Waals surface area contributed by atoms with Crippen LogP contribution < -0.4 is 5.32 Å². The second-order valence-electron chi connectivity index (χ2n) is 4.05. The van der Waals surface area contributed by atoms with Crippen LogP contribution in [0.15, 0.2) is 24.3 Å². The smallest absolute Gasteiger partial charge is 0.251 e. The van der Waals surface area contributed by atoms with Crippen LogP contribution in [0.4, 0.5) is 0 Å². The highest BCUT2D eigenvalue weighted by Crippen LogP contribution is 2.13. The average Bonchev–Trinajstić information content (AvgIpc) is 2.38. The minimum absolute atomic E-state index is 0.000455. The van der Waals surface area contributed by atoms with Crippen LogP contribution in [0.3, 0.4) is 0 Å². The van der Waals surface area contributed by atoms with E-state index in [0.717, 1.165) is 32.6 Å². The van der Waals surface area contributed by atoms with Gasteiger partial charge >= 0.3 is 0 Å². The Morgan fingerprint density at radius 3 is 2.75 bits per heavy atom. The Kier molecular flexibility index (Phi) is 3.94. The minimum atomic E-state index is 0.000455. The maximum Gasteiger partial charge on any atom is 0.251 e. The van der Waals surface area contributed by atoms with Crippen LogP contribution in [0.5, 0.6) is 0 Å². The summed E-state index contributed by atoms with van der Waals surface area (Å²) in [4.78, 5) is 11.7. The van der Waals surface area contributed by atoms with Crippen molar-refractivity contribution in [2.45, 2.75) is 12.8 Å². The topological polar surface area (TPSA) is 38.3 Å². The molecular weight excluding hydrogens is 202 g/mol. The van der Waals surface area contributed by atoms with Gasteiger partial charge in [0.05, 0.1) is 0 Å². The Morgan fingerprint density at radius 2 is 2.06 bits per heavy atom. The fraction of sp³-hybridized carbons (Fsp3) is 0.462. The summed E-state index contributed by atoms with van der Waals surface area (Å²) >= 11 is 0. The van der Waals surface area contributed by atoms with Gasteiger partial charge in [-0.1, -0.05) is 12.1 Å². The first-order valence-electron chi connectivity index (χ1n) is 5.68.